The monoisotopic (exact) mass is 628 g/mol. The van der Waals surface area contributed by atoms with E-state index in [0.717, 1.165) is 0 Å². The molecule has 4 aromatic carbocycles. The third kappa shape index (κ3) is 11.8. The second kappa shape index (κ2) is 16.3. The van der Waals surface area contributed by atoms with E-state index in [1.54, 1.807) is 46.5 Å². The Morgan fingerprint density at radius 2 is 0.805 bits per heavy atom. The molecule has 0 fully saturated rings. The molecule has 0 saturated heterocycles. The van der Waals surface area contributed by atoms with Crippen LogP contribution < -0.4 is 0 Å². The minimum atomic E-state index is 0. The average Bonchev–Trinajstić information content (AvgIpc) is 3.59. The van der Waals surface area contributed by atoms with E-state index in [1.165, 1.54) is 62.5 Å². The first-order chi connectivity index (χ1) is 18.9. The van der Waals surface area contributed by atoms with Gasteiger partial charge in [-0.3, -0.25) is 0 Å². The summed E-state index contributed by atoms with van der Waals surface area (Å²) in [5.41, 5.74) is 9.23. The van der Waals surface area contributed by atoms with Crippen LogP contribution in [0.3, 0.4) is 0 Å². The van der Waals surface area contributed by atoms with Crippen molar-refractivity contribution >= 4 is 0 Å². The predicted octanol–water partition coefficient (Wildman–Crippen LogP) is 9.95. The van der Waals surface area contributed by atoms with E-state index in [0.29, 0.717) is 11.5 Å². The van der Waals surface area contributed by atoms with E-state index in [-0.39, 0.29) is 37.0 Å². The van der Waals surface area contributed by atoms with Gasteiger partial charge in [0.25, 0.3) is 0 Å². The second-order valence-electron chi connectivity index (χ2n) is 13.2. The van der Waals surface area contributed by atoms with E-state index < -0.39 is 0 Å². The van der Waals surface area contributed by atoms with Crippen molar-refractivity contribution in [2.24, 2.45) is 0 Å². The van der Waals surface area contributed by atoms with Crippen molar-refractivity contribution in [3.05, 3.63) is 118 Å². The Morgan fingerprint density at radius 3 is 1.10 bits per heavy atom. The van der Waals surface area contributed by atoms with Gasteiger partial charge in [-0.25, -0.2) is 12.1 Å². The van der Waals surface area contributed by atoms with Gasteiger partial charge in [0.1, 0.15) is 11.5 Å². The van der Waals surface area contributed by atoms with E-state index in [4.69, 9.17) is 10.2 Å². The maximum Gasteiger partial charge on any atom is 2.00 e. The predicted molar refractivity (Wildman–Crippen MR) is 171 cm³/mol. The minimum Gasteiger partial charge on any atom is -0.508 e. The molecule has 0 amide bonds. The van der Waals surface area contributed by atoms with E-state index in [1.807, 2.05) is 24.3 Å². The maximum atomic E-state index is 9.02. The van der Waals surface area contributed by atoms with Crippen LogP contribution in [0.4, 0.5) is 0 Å². The molecule has 0 atom stereocenters. The Kier molecular flexibility index (Phi) is 13.9. The molecule has 0 unspecified atom stereocenters. The van der Waals surface area contributed by atoms with Gasteiger partial charge in [-0.1, -0.05) is 117 Å². The number of aryl methyl sites for hydroxylation is 4. The molecule has 41 heavy (non-hydrogen) atoms. The molecule has 0 aliphatic heterocycles. The molecular weight excluding hydrogens is 580 g/mol. The molecule has 0 saturated carbocycles. The van der Waals surface area contributed by atoms with Crippen molar-refractivity contribution in [1.82, 2.24) is 0 Å². The topological polar surface area (TPSA) is 40.5 Å². The van der Waals surface area contributed by atoms with Gasteiger partial charge in [0, 0.05) is 0 Å². The van der Waals surface area contributed by atoms with Gasteiger partial charge in [0.15, 0.2) is 0 Å². The third-order valence-corrected chi connectivity index (χ3v) is 7.77. The molecule has 2 aliphatic carbocycles. The fourth-order valence-electron chi connectivity index (χ4n) is 5.15. The molecule has 2 N–H and O–H groups in total. The number of hydrogen-bond donors (Lipinski definition) is 2. The van der Waals surface area contributed by atoms with Crippen LogP contribution in [0.5, 0.6) is 11.5 Å². The summed E-state index contributed by atoms with van der Waals surface area (Å²) < 4.78 is 0. The van der Waals surface area contributed by atoms with Crippen molar-refractivity contribution in [3.63, 3.8) is 0 Å². The van der Waals surface area contributed by atoms with Crippen LogP contribution in [0.1, 0.15) is 101 Å². The van der Waals surface area contributed by atoms with Crippen LogP contribution in [-0.4, -0.2) is 10.2 Å². The molecule has 6 rings (SSSR count). The van der Waals surface area contributed by atoms with Gasteiger partial charge in [0.2, 0.25) is 0 Å². The van der Waals surface area contributed by atoms with E-state index in [2.05, 4.69) is 77.9 Å². The number of fused-ring (bicyclic) bond motifs is 2. The van der Waals surface area contributed by atoms with Crippen LogP contribution in [0.15, 0.2) is 84.9 Å². The van der Waals surface area contributed by atoms with Crippen LogP contribution in [0, 0.1) is 0 Å². The quantitative estimate of drug-likeness (QED) is 0.190. The molecule has 2 aliphatic rings. The third-order valence-electron chi connectivity index (χ3n) is 7.77. The van der Waals surface area contributed by atoms with E-state index in [9.17, 15) is 0 Å². The summed E-state index contributed by atoms with van der Waals surface area (Å²) in [5, 5.41) is 18.0. The van der Waals surface area contributed by atoms with Gasteiger partial charge in [-0.2, -0.15) is 46.5 Å². The summed E-state index contributed by atoms with van der Waals surface area (Å²) in [6.45, 7) is 12.9. The average molecular weight is 630 g/mol. The van der Waals surface area contributed by atoms with Gasteiger partial charge in [-0.05, 0) is 46.2 Å². The first-order valence-corrected chi connectivity index (χ1v) is 15.0. The number of phenols is 2. The molecule has 0 radical (unpaired) electrons. The van der Waals surface area contributed by atoms with Crippen LogP contribution in [0.25, 0.3) is 0 Å². The van der Waals surface area contributed by atoms with Gasteiger partial charge < -0.3 is 10.2 Å². The Hall–Kier alpha value is -2.38. The summed E-state index contributed by atoms with van der Waals surface area (Å²) in [6.07, 6.45) is 10.9. The van der Waals surface area contributed by atoms with Crippen molar-refractivity contribution < 1.29 is 36.4 Å². The molecule has 218 valence electrons. The minimum absolute atomic E-state index is 0. The smallest absolute Gasteiger partial charge is 0.508 e. The summed E-state index contributed by atoms with van der Waals surface area (Å²) in [5.74, 6) is 0.663. The Balaban J connectivity index is 0.000000190. The van der Waals surface area contributed by atoms with Gasteiger partial charge >= 0.3 is 26.2 Å². The van der Waals surface area contributed by atoms with Crippen molar-refractivity contribution in [2.45, 2.75) is 104 Å². The maximum absolute atomic E-state index is 9.02. The summed E-state index contributed by atoms with van der Waals surface area (Å²) >= 11 is 0. The Labute approximate surface area is 268 Å². The normalized spacial score (nSPS) is 13.8. The molecular formula is C38H50O2Zr. The van der Waals surface area contributed by atoms with Crippen LogP contribution in [-0.2, 0) is 62.7 Å². The number of aromatic hydroxyl groups is 2. The summed E-state index contributed by atoms with van der Waals surface area (Å²) in [4.78, 5) is 0. The molecule has 0 spiro atoms. The number of phenolic OH excluding ortho intramolecular Hbond substituents is 2. The SMILES string of the molecule is CC(C)(C)c1ccc(O)cc1.CC(C)(C)c1ccc(O)cc1.[Zr+2].c1cc2c([cH-]1)CCCC2.c1cc2c([cH-]1)CCCC2. The molecule has 0 aromatic heterocycles. The van der Waals surface area contributed by atoms with Crippen LogP contribution in [0.2, 0.25) is 0 Å². The fourth-order valence-corrected chi connectivity index (χ4v) is 5.15. The largest absolute Gasteiger partial charge is 2.00 e. The standard InChI is InChI=1S/2C10H14O.2C9H11.Zr/c2*1-10(2,3)8-4-6-9(11)7-5-8;2*1-2-5-9-7-3-6-8(9)4-1;/h2*4-7,11H,1-3H3;2*3,6-7H,1-2,4-5H2;/q;;2*-1;+2. The van der Waals surface area contributed by atoms with Gasteiger partial charge in [-0.15, -0.1) is 0 Å². The first-order valence-electron chi connectivity index (χ1n) is 15.0. The zero-order valence-corrected chi connectivity index (χ0v) is 28.6. The molecule has 3 heteroatoms. The number of rotatable bonds is 0. The first kappa shape index (κ1) is 34.8. The zero-order chi connectivity index (χ0) is 29.2. The van der Waals surface area contributed by atoms with Crippen molar-refractivity contribution in [1.29, 1.82) is 0 Å². The summed E-state index contributed by atoms with van der Waals surface area (Å²) in [7, 11) is 0. The summed E-state index contributed by atoms with van der Waals surface area (Å²) in [6, 6.07) is 28.1. The molecule has 0 heterocycles. The van der Waals surface area contributed by atoms with Crippen LogP contribution >= 0.6 is 0 Å². The van der Waals surface area contributed by atoms with Crippen molar-refractivity contribution in [3.8, 4) is 11.5 Å². The fraction of sp³-hybridized carbons (Fsp3) is 0.421. The second-order valence-corrected chi connectivity index (χ2v) is 13.2. The molecule has 4 aromatic rings. The number of benzene rings is 2. The number of hydrogen-bond acceptors (Lipinski definition) is 2. The zero-order valence-electron chi connectivity index (χ0n) is 26.1. The Morgan fingerprint density at radius 1 is 0.488 bits per heavy atom. The van der Waals surface area contributed by atoms with Gasteiger partial charge in [0.05, 0.1) is 0 Å². The van der Waals surface area contributed by atoms with Crippen molar-refractivity contribution in [2.75, 3.05) is 0 Å². The Bertz CT molecular complexity index is 1120. The van der Waals surface area contributed by atoms with E-state index >= 15 is 0 Å². The molecule has 0 bridgehead atoms. The molecule has 2 nitrogen and oxygen atoms in total.